The number of likely N-dealkylation sites (N-methyl/N-ethyl adjacent to an activating group) is 1. The molecule has 6 N–H and O–H groups in total. The number of nitrogens with two attached hydrogens (primary N) is 1. The number of hydrogen-bond donors (Lipinski definition) is 5. The highest BCUT2D eigenvalue weighted by molar-refractivity contribution is 6.25. The number of carbonyl (C=O) groups is 3. The highest BCUT2D eigenvalue weighted by Gasteiger charge is 2.67. The van der Waals surface area contributed by atoms with E-state index in [1.54, 1.807) is 51.0 Å². The Hall–Kier alpha value is -3.37. The fraction of sp³-hybridized carbons (Fsp3) is 0.458. The van der Waals surface area contributed by atoms with Gasteiger partial charge in [-0.2, -0.15) is 0 Å². The van der Waals surface area contributed by atoms with E-state index >= 15 is 0 Å². The zero-order chi connectivity index (χ0) is 25.5. The maximum Gasteiger partial charge on any atom is 0.255 e. The first kappa shape index (κ1) is 23.8. The second kappa shape index (κ2) is 7.31. The normalized spacial score (nSPS) is 30.8. The summed E-state index contributed by atoms with van der Waals surface area (Å²) in [5.41, 5.74) is 1.56. The van der Waals surface area contributed by atoms with Crippen molar-refractivity contribution in [1.29, 1.82) is 0 Å². The van der Waals surface area contributed by atoms with Crippen LogP contribution in [0.1, 0.15) is 29.3 Å². The SMILES string of the molecule is CN(C)c1ccc(O)c2c1CC1C[C@H]3C(C)(N(C)C)C(O)=C(C(N)=O)C(=O)[C@@]3(O)C(O)=C1C2=O. The van der Waals surface area contributed by atoms with Crippen LogP contribution in [-0.4, -0.2) is 82.1 Å². The lowest BCUT2D eigenvalue weighted by atomic mass is 9.54. The number of benzene rings is 1. The van der Waals surface area contributed by atoms with Crippen molar-refractivity contribution < 1.29 is 34.8 Å². The van der Waals surface area contributed by atoms with Gasteiger partial charge in [0.1, 0.15) is 22.8 Å². The van der Waals surface area contributed by atoms with E-state index in [1.807, 2.05) is 0 Å². The number of ketones is 2. The molecule has 0 saturated carbocycles. The van der Waals surface area contributed by atoms with Crippen LogP contribution in [0.25, 0.3) is 0 Å². The van der Waals surface area contributed by atoms with Gasteiger partial charge in [-0.05, 0) is 57.5 Å². The summed E-state index contributed by atoms with van der Waals surface area (Å²) < 4.78 is 0. The van der Waals surface area contributed by atoms with Crippen molar-refractivity contribution in [3.05, 3.63) is 45.9 Å². The summed E-state index contributed by atoms with van der Waals surface area (Å²) in [5, 5.41) is 44.5. The van der Waals surface area contributed by atoms with Crippen molar-refractivity contribution in [2.75, 3.05) is 33.1 Å². The van der Waals surface area contributed by atoms with Gasteiger partial charge in [-0.25, -0.2) is 0 Å². The Morgan fingerprint density at radius 1 is 1.09 bits per heavy atom. The summed E-state index contributed by atoms with van der Waals surface area (Å²) in [6.07, 6.45) is 0.292. The lowest BCUT2D eigenvalue weighted by Crippen LogP contribution is -2.68. The molecule has 1 aromatic rings. The summed E-state index contributed by atoms with van der Waals surface area (Å²) in [5.74, 6) is -6.66. The molecule has 0 radical (unpaired) electrons. The van der Waals surface area contributed by atoms with Crippen LogP contribution in [0.3, 0.4) is 0 Å². The molecule has 10 heteroatoms. The number of phenolic OH excluding ortho intramolecular Hbond substituents is 1. The van der Waals surface area contributed by atoms with Crippen LogP contribution < -0.4 is 10.6 Å². The van der Waals surface area contributed by atoms with Gasteiger partial charge in [-0.3, -0.25) is 19.3 Å². The number of aromatic hydroxyl groups is 1. The van der Waals surface area contributed by atoms with Gasteiger partial charge in [-0.15, -0.1) is 0 Å². The standard InChI is InChI=1S/C24H29N3O7/c1-23(27(4)5)14-9-10-8-11-12(26(2)3)6-7-13(28)16(11)18(29)15(10)20(31)24(14,34)21(32)17(19(23)30)22(25)33/h6-7,10,14,28,30-31,34H,8-9H2,1-5H3,(H2,25,33)/t10?,14-,23?,24-/m0/s1. The monoisotopic (exact) mass is 471 g/mol. The summed E-state index contributed by atoms with van der Waals surface area (Å²) >= 11 is 0. The van der Waals surface area contributed by atoms with Crippen LogP contribution in [0.2, 0.25) is 0 Å². The molecule has 0 bridgehead atoms. The Bertz CT molecular complexity index is 1220. The Morgan fingerprint density at radius 3 is 2.24 bits per heavy atom. The molecule has 1 amide bonds. The van der Waals surface area contributed by atoms with E-state index in [0.29, 0.717) is 5.56 Å². The molecule has 3 aliphatic rings. The zero-order valence-corrected chi connectivity index (χ0v) is 19.7. The van der Waals surface area contributed by atoms with Crippen molar-refractivity contribution in [1.82, 2.24) is 4.90 Å². The van der Waals surface area contributed by atoms with Gasteiger partial charge in [-0.1, -0.05) is 0 Å². The number of aliphatic hydroxyl groups excluding tert-OH is 2. The number of phenols is 1. The van der Waals surface area contributed by atoms with Gasteiger partial charge in [0.2, 0.25) is 5.78 Å². The third kappa shape index (κ3) is 2.72. The number of carbonyl (C=O) groups excluding carboxylic acids is 3. The summed E-state index contributed by atoms with van der Waals surface area (Å²) in [6, 6.07) is 3.07. The zero-order valence-electron chi connectivity index (χ0n) is 19.7. The molecule has 0 heterocycles. The van der Waals surface area contributed by atoms with Crippen LogP contribution in [0.4, 0.5) is 5.69 Å². The van der Waals surface area contributed by atoms with Crippen molar-refractivity contribution in [3.8, 4) is 5.75 Å². The number of amides is 1. The number of Topliss-reactive ketones (excluding diaryl/α,β-unsaturated/α-hetero) is 2. The molecule has 3 aliphatic carbocycles. The highest BCUT2D eigenvalue weighted by atomic mass is 16.3. The Morgan fingerprint density at radius 2 is 1.71 bits per heavy atom. The average molecular weight is 472 g/mol. The number of primary amides is 1. The van der Waals surface area contributed by atoms with Crippen LogP contribution in [0.15, 0.2) is 34.8 Å². The summed E-state index contributed by atoms with van der Waals surface area (Å²) in [7, 11) is 6.81. The van der Waals surface area contributed by atoms with E-state index in [-0.39, 0.29) is 29.7 Å². The molecular weight excluding hydrogens is 442 g/mol. The third-order valence-corrected chi connectivity index (χ3v) is 7.86. The fourth-order valence-corrected chi connectivity index (χ4v) is 5.87. The van der Waals surface area contributed by atoms with Crippen LogP contribution in [-0.2, 0) is 16.0 Å². The summed E-state index contributed by atoms with van der Waals surface area (Å²) in [6.45, 7) is 1.54. The van der Waals surface area contributed by atoms with Gasteiger partial charge in [0.05, 0.1) is 11.1 Å². The predicted octanol–water partition coefficient (Wildman–Crippen LogP) is 0.577. The molecule has 34 heavy (non-hydrogen) atoms. The van der Waals surface area contributed by atoms with Gasteiger partial charge in [0.15, 0.2) is 11.4 Å². The Kier molecular flexibility index (Phi) is 5.11. The molecule has 4 atom stereocenters. The molecule has 182 valence electrons. The smallest absolute Gasteiger partial charge is 0.255 e. The van der Waals surface area contributed by atoms with Crippen molar-refractivity contribution >= 4 is 23.2 Å². The van der Waals surface area contributed by atoms with Crippen LogP contribution in [0, 0.1) is 11.8 Å². The predicted molar refractivity (Wildman–Crippen MR) is 123 cm³/mol. The molecule has 0 saturated heterocycles. The first-order valence-electron chi connectivity index (χ1n) is 10.9. The molecule has 1 aromatic carbocycles. The number of allylic oxidation sites excluding steroid dienone is 1. The Labute approximate surface area is 196 Å². The maximum absolute atomic E-state index is 13.6. The fourth-order valence-electron chi connectivity index (χ4n) is 5.87. The van der Waals surface area contributed by atoms with E-state index in [9.17, 15) is 34.8 Å². The molecule has 0 aliphatic heterocycles. The second-order valence-corrected chi connectivity index (χ2v) is 9.86. The summed E-state index contributed by atoms with van der Waals surface area (Å²) in [4.78, 5) is 42.4. The molecule has 4 rings (SSSR count). The van der Waals surface area contributed by atoms with Crippen molar-refractivity contribution in [2.45, 2.75) is 30.9 Å². The minimum absolute atomic E-state index is 0.00167. The lowest BCUT2D eigenvalue weighted by molar-refractivity contribution is -0.155. The number of nitrogens with zero attached hydrogens (tertiary/aromatic N) is 2. The first-order chi connectivity index (χ1) is 15.7. The van der Waals surface area contributed by atoms with E-state index in [4.69, 9.17) is 5.73 Å². The topological polar surface area (TPSA) is 165 Å². The third-order valence-electron chi connectivity index (χ3n) is 7.86. The van der Waals surface area contributed by atoms with Gasteiger partial charge < -0.3 is 31.1 Å². The number of fused-ring (bicyclic) bond motifs is 3. The molecule has 2 unspecified atom stereocenters. The van der Waals surface area contributed by atoms with E-state index in [0.717, 1.165) is 5.69 Å². The van der Waals surface area contributed by atoms with Crippen LogP contribution >= 0.6 is 0 Å². The van der Waals surface area contributed by atoms with Crippen molar-refractivity contribution in [3.63, 3.8) is 0 Å². The van der Waals surface area contributed by atoms with Gasteiger partial charge in [0.25, 0.3) is 5.91 Å². The van der Waals surface area contributed by atoms with Crippen molar-refractivity contribution in [2.24, 2.45) is 17.6 Å². The van der Waals surface area contributed by atoms with Gasteiger partial charge >= 0.3 is 0 Å². The molecular formula is C24H29N3O7. The highest BCUT2D eigenvalue weighted by Crippen LogP contribution is 2.56. The lowest BCUT2D eigenvalue weighted by Gasteiger charge is -2.55. The van der Waals surface area contributed by atoms with E-state index in [1.165, 1.54) is 6.07 Å². The van der Waals surface area contributed by atoms with E-state index in [2.05, 4.69) is 0 Å². The number of aliphatic hydroxyl groups is 3. The average Bonchev–Trinajstić information content (AvgIpc) is 2.73. The largest absolute Gasteiger partial charge is 0.509 e. The maximum atomic E-state index is 13.6. The molecule has 0 fully saturated rings. The molecule has 0 spiro atoms. The van der Waals surface area contributed by atoms with Gasteiger partial charge in [0, 0.05) is 31.3 Å². The van der Waals surface area contributed by atoms with Crippen LogP contribution in [0.5, 0.6) is 5.75 Å². The molecule has 0 aromatic heterocycles. The number of rotatable bonds is 3. The minimum atomic E-state index is -2.66. The number of anilines is 1. The quantitative estimate of drug-likeness (QED) is 0.396. The minimum Gasteiger partial charge on any atom is -0.509 e. The first-order valence-corrected chi connectivity index (χ1v) is 10.9. The Balaban J connectivity index is 2.02. The van der Waals surface area contributed by atoms with E-state index < -0.39 is 57.5 Å². The number of hydrogen-bond acceptors (Lipinski definition) is 9. The second-order valence-electron chi connectivity index (χ2n) is 9.86. The molecule has 10 nitrogen and oxygen atoms in total.